The molecule has 1 N–H and O–H groups in total. The van der Waals surface area contributed by atoms with Crippen LogP contribution in [0.3, 0.4) is 0 Å². The quantitative estimate of drug-likeness (QED) is 0.667. The number of hydrogen-bond acceptors (Lipinski definition) is 4. The van der Waals surface area contributed by atoms with E-state index in [0.29, 0.717) is 16.7 Å². The van der Waals surface area contributed by atoms with Gasteiger partial charge in [-0.3, -0.25) is 10.1 Å². The van der Waals surface area contributed by atoms with E-state index < -0.39 is 0 Å². The molecule has 1 aromatic rings. The number of nitrogens with zero attached hydrogens (tertiary/aromatic N) is 2. The van der Waals surface area contributed by atoms with Gasteiger partial charge in [-0.15, -0.1) is 0 Å². The molecule has 16 heavy (non-hydrogen) atoms. The van der Waals surface area contributed by atoms with Crippen molar-refractivity contribution < 1.29 is 4.92 Å². The minimum atomic E-state index is -0.386. The molecule has 0 fully saturated rings. The number of rotatable bonds is 5. The molecular formula is C10H14BrN3O2. The van der Waals surface area contributed by atoms with Gasteiger partial charge in [0, 0.05) is 23.6 Å². The smallest absolute Gasteiger partial charge is 0.293 e. The highest BCUT2D eigenvalue weighted by atomic mass is 79.9. The Kier molecular flexibility index (Phi) is 4.70. The van der Waals surface area contributed by atoms with Crippen molar-refractivity contribution in [1.82, 2.24) is 4.90 Å². The van der Waals surface area contributed by atoms with Crippen molar-refractivity contribution in [2.75, 3.05) is 32.5 Å². The fourth-order valence-corrected chi connectivity index (χ4v) is 1.57. The van der Waals surface area contributed by atoms with Crippen molar-refractivity contribution in [2.24, 2.45) is 0 Å². The molecule has 0 bridgehead atoms. The Hall–Kier alpha value is -1.14. The van der Waals surface area contributed by atoms with E-state index >= 15 is 0 Å². The minimum Gasteiger partial charge on any atom is -0.378 e. The molecule has 0 heterocycles. The number of likely N-dealkylation sites (N-methyl/N-ethyl adjacent to an activating group) is 1. The second kappa shape index (κ2) is 5.81. The zero-order valence-electron chi connectivity index (χ0n) is 9.24. The van der Waals surface area contributed by atoms with Gasteiger partial charge in [0.25, 0.3) is 5.69 Å². The van der Waals surface area contributed by atoms with Crippen LogP contribution in [0.5, 0.6) is 0 Å². The summed E-state index contributed by atoms with van der Waals surface area (Å²) in [6.45, 7) is 1.50. The number of nitro benzene ring substituents is 1. The van der Waals surface area contributed by atoms with Crippen LogP contribution in [0.15, 0.2) is 22.7 Å². The van der Waals surface area contributed by atoms with Crippen molar-refractivity contribution in [3.8, 4) is 0 Å². The zero-order chi connectivity index (χ0) is 12.1. The number of nitro groups is 1. The number of nitrogens with one attached hydrogen (secondary N) is 1. The Bertz CT molecular complexity index is 382. The average Bonchev–Trinajstić information content (AvgIpc) is 2.19. The molecule has 0 aliphatic rings. The second-order valence-corrected chi connectivity index (χ2v) is 4.56. The van der Waals surface area contributed by atoms with Gasteiger partial charge in [0.2, 0.25) is 0 Å². The first-order valence-corrected chi connectivity index (χ1v) is 5.62. The summed E-state index contributed by atoms with van der Waals surface area (Å²) in [6, 6.07) is 4.99. The Labute approximate surface area is 103 Å². The summed E-state index contributed by atoms with van der Waals surface area (Å²) in [4.78, 5) is 12.4. The van der Waals surface area contributed by atoms with Gasteiger partial charge >= 0.3 is 0 Å². The predicted octanol–water partition coefficient (Wildman–Crippen LogP) is 2.33. The third kappa shape index (κ3) is 3.79. The van der Waals surface area contributed by atoms with Crippen molar-refractivity contribution in [3.63, 3.8) is 0 Å². The highest BCUT2D eigenvalue weighted by molar-refractivity contribution is 9.10. The number of benzene rings is 1. The standard InChI is InChI=1S/C10H14BrN3O2/c1-13(2)6-5-12-9-4-3-8(11)7-10(9)14(15)16/h3-4,7,12H,5-6H2,1-2H3. The Morgan fingerprint density at radius 2 is 2.19 bits per heavy atom. The van der Waals surface area contributed by atoms with Crippen LogP contribution >= 0.6 is 15.9 Å². The summed E-state index contributed by atoms with van der Waals surface area (Å²) >= 11 is 3.22. The highest BCUT2D eigenvalue weighted by Crippen LogP contribution is 2.27. The van der Waals surface area contributed by atoms with Gasteiger partial charge in [-0.2, -0.15) is 0 Å². The highest BCUT2D eigenvalue weighted by Gasteiger charge is 2.13. The Morgan fingerprint density at radius 1 is 1.50 bits per heavy atom. The molecule has 0 saturated carbocycles. The van der Waals surface area contributed by atoms with Crippen LogP contribution in [0.25, 0.3) is 0 Å². The van der Waals surface area contributed by atoms with E-state index in [4.69, 9.17) is 0 Å². The largest absolute Gasteiger partial charge is 0.378 e. The average molecular weight is 288 g/mol. The molecule has 0 aliphatic heterocycles. The van der Waals surface area contributed by atoms with E-state index in [2.05, 4.69) is 21.2 Å². The van der Waals surface area contributed by atoms with Crippen LogP contribution in [0.2, 0.25) is 0 Å². The van der Waals surface area contributed by atoms with Crippen molar-refractivity contribution in [2.45, 2.75) is 0 Å². The molecule has 0 amide bonds. The molecule has 0 radical (unpaired) electrons. The molecule has 0 aliphatic carbocycles. The predicted molar refractivity (Wildman–Crippen MR) is 67.8 cm³/mol. The lowest BCUT2D eigenvalue weighted by Crippen LogP contribution is -2.21. The fraction of sp³-hybridized carbons (Fsp3) is 0.400. The van der Waals surface area contributed by atoms with Crippen LogP contribution in [0.1, 0.15) is 0 Å². The maximum Gasteiger partial charge on any atom is 0.293 e. The maximum absolute atomic E-state index is 10.8. The van der Waals surface area contributed by atoms with Gasteiger partial charge in [0.05, 0.1) is 4.92 Å². The van der Waals surface area contributed by atoms with E-state index in [-0.39, 0.29) is 10.6 Å². The first kappa shape index (κ1) is 12.9. The normalized spacial score (nSPS) is 10.5. The SMILES string of the molecule is CN(C)CCNc1ccc(Br)cc1[N+](=O)[O-]. The van der Waals surface area contributed by atoms with E-state index in [1.165, 1.54) is 6.07 Å². The van der Waals surface area contributed by atoms with Crippen LogP contribution in [0.4, 0.5) is 11.4 Å². The summed E-state index contributed by atoms with van der Waals surface area (Å²) in [5, 5.41) is 13.9. The first-order chi connectivity index (χ1) is 7.50. The molecule has 5 nitrogen and oxygen atoms in total. The lowest BCUT2D eigenvalue weighted by molar-refractivity contribution is -0.384. The molecule has 0 unspecified atom stereocenters. The maximum atomic E-state index is 10.8. The second-order valence-electron chi connectivity index (χ2n) is 3.65. The summed E-state index contributed by atoms with van der Waals surface area (Å²) in [6.07, 6.45) is 0. The van der Waals surface area contributed by atoms with Gasteiger partial charge in [0.15, 0.2) is 0 Å². The summed E-state index contributed by atoms with van der Waals surface area (Å²) in [7, 11) is 3.91. The van der Waals surface area contributed by atoms with Crippen LogP contribution in [0, 0.1) is 10.1 Å². The monoisotopic (exact) mass is 287 g/mol. The fourth-order valence-electron chi connectivity index (χ4n) is 1.22. The number of hydrogen-bond donors (Lipinski definition) is 1. The zero-order valence-corrected chi connectivity index (χ0v) is 10.8. The molecule has 88 valence electrons. The van der Waals surface area contributed by atoms with Gasteiger partial charge in [-0.05, 0) is 26.2 Å². The van der Waals surface area contributed by atoms with Crippen molar-refractivity contribution in [3.05, 3.63) is 32.8 Å². The summed E-state index contributed by atoms with van der Waals surface area (Å²) in [5.41, 5.74) is 0.642. The molecular weight excluding hydrogens is 274 g/mol. The van der Waals surface area contributed by atoms with E-state index in [0.717, 1.165) is 6.54 Å². The molecule has 0 spiro atoms. The number of halogens is 1. The van der Waals surface area contributed by atoms with Crippen LogP contribution < -0.4 is 5.32 Å². The lowest BCUT2D eigenvalue weighted by atomic mass is 10.2. The third-order valence-electron chi connectivity index (χ3n) is 2.03. The lowest BCUT2D eigenvalue weighted by Gasteiger charge is -2.11. The summed E-state index contributed by atoms with van der Waals surface area (Å²) in [5.74, 6) is 0. The third-order valence-corrected chi connectivity index (χ3v) is 2.52. The van der Waals surface area contributed by atoms with Gasteiger partial charge in [-0.25, -0.2) is 0 Å². The van der Waals surface area contributed by atoms with Crippen LogP contribution in [-0.2, 0) is 0 Å². The Morgan fingerprint density at radius 3 is 2.75 bits per heavy atom. The molecule has 1 rings (SSSR count). The van der Waals surface area contributed by atoms with E-state index in [9.17, 15) is 10.1 Å². The van der Waals surface area contributed by atoms with Gasteiger partial charge in [-0.1, -0.05) is 15.9 Å². The summed E-state index contributed by atoms with van der Waals surface area (Å²) < 4.78 is 0.706. The van der Waals surface area contributed by atoms with Gasteiger partial charge < -0.3 is 10.2 Å². The molecule has 0 saturated heterocycles. The Balaban J connectivity index is 2.75. The molecule has 0 aromatic heterocycles. The van der Waals surface area contributed by atoms with E-state index in [1.807, 2.05) is 19.0 Å². The molecule has 0 atom stereocenters. The number of anilines is 1. The van der Waals surface area contributed by atoms with Crippen molar-refractivity contribution >= 4 is 27.3 Å². The first-order valence-electron chi connectivity index (χ1n) is 4.83. The van der Waals surface area contributed by atoms with E-state index in [1.54, 1.807) is 12.1 Å². The van der Waals surface area contributed by atoms with Crippen LogP contribution in [-0.4, -0.2) is 37.0 Å². The van der Waals surface area contributed by atoms with Gasteiger partial charge in [0.1, 0.15) is 5.69 Å². The topological polar surface area (TPSA) is 58.4 Å². The molecule has 1 aromatic carbocycles. The van der Waals surface area contributed by atoms with Crippen molar-refractivity contribution in [1.29, 1.82) is 0 Å². The minimum absolute atomic E-state index is 0.0909. The molecule has 6 heteroatoms.